The third kappa shape index (κ3) is 3.62. The highest BCUT2D eigenvalue weighted by atomic mass is 19.1. The number of rotatable bonds is 6. The molecule has 1 fully saturated rings. The number of amides is 1. The summed E-state index contributed by atoms with van der Waals surface area (Å²) in [6.45, 7) is 5.53. The van der Waals surface area contributed by atoms with Gasteiger partial charge >= 0.3 is 0 Å². The maximum Gasteiger partial charge on any atom is 0.256 e. The van der Waals surface area contributed by atoms with E-state index in [2.05, 4.69) is 27.5 Å². The Kier molecular flexibility index (Phi) is 4.64. The van der Waals surface area contributed by atoms with Gasteiger partial charge in [-0.2, -0.15) is 0 Å². The number of ether oxygens (including phenoxy) is 1. The summed E-state index contributed by atoms with van der Waals surface area (Å²) in [7, 11) is 1.47. The van der Waals surface area contributed by atoms with Crippen molar-refractivity contribution in [3.8, 4) is 5.75 Å². The second-order valence-corrected chi connectivity index (χ2v) is 7.70. The molecular weight excluding hydrogens is 375 g/mol. The van der Waals surface area contributed by atoms with Gasteiger partial charge in [0.25, 0.3) is 5.91 Å². The quantitative estimate of drug-likeness (QED) is 0.649. The molecule has 7 nitrogen and oxygen atoms in total. The number of hydrogen-bond donors (Lipinski definition) is 2. The van der Waals surface area contributed by atoms with E-state index in [1.807, 2.05) is 0 Å². The van der Waals surface area contributed by atoms with Crippen molar-refractivity contribution in [2.75, 3.05) is 12.4 Å². The highest BCUT2D eigenvalue weighted by Crippen LogP contribution is 2.40. The molecule has 0 saturated heterocycles. The van der Waals surface area contributed by atoms with Crippen LogP contribution in [0.1, 0.15) is 54.4 Å². The largest absolute Gasteiger partial charge is 0.497 e. The van der Waals surface area contributed by atoms with Crippen molar-refractivity contribution in [2.45, 2.75) is 45.2 Å². The van der Waals surface area contributed by atoms with Gasteiger partial charge in [0.2, 0.25) is 5.71 Å². The fourth-order valence-corrected chi connectivity index (χ4v) is 3.34. The second kappa shape index (κ2) is 7.02. The van der Waals surface area contributed by atoms with Crippen molar-refractivity contribution in [1.82, 2.24) is 15.3 Å². The van der Waals surface area contributed by atoms with Gasteiger partial charge in [-0.15, -0.1) is 0 Å². The number of nitrogens with one attached hydrogen (secondary N) is 2. The summed E-state index contributed by atoms with van der Waals surface area (Å²) in [6, 6.07) is 4.00. The molecule has 1 aromatic carbocycles. The van der Waals surface area contributed by atoms with Crippen molar-refractivity contribution >= 4 is 22.8 Å². The van der Waals surface area contributed by atoms with Crippen LogP contribution in [0.5, 0.6) is 5.75 Å². The van der Waals surface area contributed by atoms with Crippen LogP contribution in [0, 0.1) is 12.7 Å². The topological polar surface area (TPSA) is 89.3 Å². The Morgan fingerprint density at radius 3 is 2.76 bits per heavy atom. The lowest BCUT2D eigenvalue weighted by atomic mass is 10.1. The highest BCUT2D eigenvalue weighted by Gasteiger charge is 2.38. The molecule has 152 valence electrons. The molecule has 0 unspecified atom stereocenters. The smallest absolute Gasteiger partial charge is 0.256 e. The Bertz CT molecular complexity index is 1090. The van der Waals surface area contributed by atoms with Gasteiger partial charge in [0.05, 0.1) is 24.1 Å². The molecule has 29 heavy (non-hydrogen) atoms. The molecule has 0 aliphatic heterocycles. The van der Waals surface area contributed by atoms with Crippen molar-refractivity contribution in [2.24, 2.45) is 0 Å². The zero-order chi connectivity index (χ0) is 20.8. The second-order valence-electron chi connectivity index (χ2n) is 7.70. The zero-order valence-corrected chi connectivity index (χ0v) is 16.8. The van der Waals surface area contributed by atoms with Crippen LogP contribution in [0.15, 0.2) is 28.9 Å². The van der Waals surface area contributed by atoms with Crippen molar-refractivity contribution < 1.29 is 18.3 Å². The Hall–Kier alpha value is -3.16. The number of benzene rings is 1. The molecule has 8 heteroatoms. The average molecular weight is 398 g/mol. The number of fused-ring (bicyclic) bond motifs is 1. The first-order valence-corrected chi connectivity index (χ1v) is 9.48. The molecular formula is C21H23FN4O3. The molecule has 1 aliphatic carbocycles. The first-order valence-electron chi connectivity index (χ1n) is 9.48. The van der Waals surface area contributed by atoms with Crippen LogP contribution in [-0.4, -0.2) is 28.5 Å². The molecule has 1 atom stereocenters. The summed E-state index contributed by atoms with van der Waals surface area (Å²) in [4.78, 5) is 21.6. The maximum atomic E-state index is 14.4. The predicted molar refractivity (Wildman–Crippen MR) is 107 cm³/mol. The molecule has 2 heterocycles. The normalized spacial score (nSPS) is 15.8. The summed E-state index contributed by atoms with van der Waals surface area (Å²) in [6.07, 6.45) is 3.48. The van der Waals surface area contributed by atoms with E-state index >= 15 is 0 Å². The molecule has 3 aromatic rings. The number of furan rings is 1. The number of halogens is 1. The zero-order valence-electron chi connectivity index (χ0n) is 16.8. The first kappa shape index (κ1) is 19.2. The summed E-state index contributed by atoms with van der Waals surface area (Å²) in [5.41, 5.74) is 1.04. The van der Waals surface area contributed by atoms with E-state index in [4.69, 9.17) is 9.15 Å². The molecule has 1 amide bonds. The van der Waals surface area contributed by atoms with Crippen LogP contribution < -0.4 is 15.4 Å². The minimum atomic E-state index is -0.556. The Morgan fingerprint density at radius 1 is 1.34 bits per heavy atom. The minimum Gasteiger partial charge on any atom is -0.497 e. The molecule has 2 aromatic heterocycles. The first-order chi connectivity index (χ1) is 13.8. The number of aromatic nitrogens is 2. The van der Waals surface area contributed by atoms with Gasteiger partial charge in [0.15, 0.2) is 0 Å². The number of anilines is 1. The summed E-state index contributed by atoms with van der Waals surface area (Å²) >= 11 is 0. The lowest BCUT2D eigenvalue weighted by Gasteiger charge is -2.16. The number of hydrogen-bond acceptors (Lipinski definition) is 6. The van der Waals surface area contributed by atoms with Crippen molar-refractivity contribution in [3.63, 3.8) is 0 Å². The van der Waals surface area contributed by atoms with E-state index in [0.717, 1.165) is 12.8 Å². The number of carbonyl (C=O) groups is 1. The van der Waals surface area contributed by atoms with Crippen molar-refractivity contribution in [3.05, 3.63) is 47.2 Å². The fraction of sp³-hybridized carbons (Fsp3) is 0.381. The third-order valence-electron chi connectivity index (χ3n) is 5.33. The highest BCUT2D eigenvalue weighted by molar-refractivity contribution is 6.10. The van der Waals surface area contributed by atoms with Gasteiger partial charge in [-0.05, 0) is 39.7 Å². The number of nitrogens with zero attached hydrogens (tertiary/aromatic N) is 2. The van der Waals surface area contributed by atoms with Crippen LogP contribution in [0.3, 0.4) is 0 Å². The van der Waals surface area contributed by atoms with Crippen LogP contribution in [0.2, 0.25) is 0 Å². The van der Waals surface area contributed by atoms with Gasteiger partial charge < -0.3 is 19.8 Å². The van der Waals surface area contributed by atoms with Gasteiger partial charge in [-0.3, -0.25) is 4.79 Å². The summed E-state index contributed by atoms with van der Waals surface area (Å²) in [5.74, 6) is 0.605. The van der Waals surface area contributed by atoms with Gasteiger partial charge in [-0.1, -0.05) is 6.07 Å². The minimum absolute atomic E-state index is 0.0281. The Morgan fingerprint density at radius 2 is 2.10 bits per heavy atom. The average Bonchev–Trinajstić information content (AvgIpc) is 3.29. The van der Waals surface area contributed by atoms with E-state index in [9.17, 15) is 9.18 Å². The lowest BCUT2D eigenvalue weighted by Crippen LogP contribution is -2.28. The van der Waals surface area contributed by atoms with Gasteiger partial charge in [0, 0.05) is 17.2 Å². The van der Waals surface area contributed by atoms with Crippen LogP contribution in [-0.2, 0) is 0 Å². The van der Waals surface area contributed by atoms with Gasteiger partial charge in [0.1, 0.15) is 29.5 Å². The van der Waals surface area contributed by atoms with Gasteiger partial charge in [-0.25, -0.2) is 14.4 Å². The van der Waals surface area contributed by atoms with E-state index in [1.54, 1.807) is 26.0 Å². The molecule has 1 aliphatic rings. The summed E-state index contributed by atoms with van der Waals surface area (Å²) < 4.78 is 25.1. The lowest BCUT2D eigenvalue weighted by molar-refractivity contribution is 0.0939. The van der Waals surface area contributed by atoms with E-state index < -0.39 is 11.9 Å². The summed E-state index contributed by atoms with van der Waals surface area (Å²) in [5, 5.41) is 6.78. The van der Waals surface area contributed by atoms with Crippen molar-refractivity contribution in [1.29, 1.82) is 0 Å². The van der Waals surface area contributed by atoms with E-state index in [0.29, 0.717) is 39.6 Å². The molecule has 0 bridgehead atoms. The van der Waals surface area contributed by atoms with E-state index in [1.165, 1.54) is 19.5 Å². The molecule has 2 N–H and O–H groups in total. The SMILES string of the molecule is COc1ccc([C@@H](C)NC(=O)c2c(C)oc3ncnc(NC4(C)CC4)c23)c(F)c1. The fourth-order valence-electron chi connectivity index (χ4n) is 3.34. The molecule has 0 spiro atoms. The van der Waals surface area contributed by atoms with Crippen LogP contribution in [0.4, 0.5) is 10.2 Å². The predicted octanol–water partition coefficient (Wildman–Crippen LogP) is 4.13. The Balaban J connectivity index is 1.65. The van der Waals surface area contributed by atoms with E-state index in [-0.39, 0.29) is 11.4 Å². The number of aryl methyl sites for hydroxylation is 1. The van der Waals surface area contributed by atoms with Crippen LogP contribution in [0.25, 0.3) is 11.1 Å². The molecule has 1 saturated carbocycles. The maximum absolute atomic E-state index is 14.4. The monoisotopic (exact) mass is 398 g/mol. The standard InChI is InChI=1S/C21H23FN4O3/c1-11(14-6-5-13(28-4)9-15(14)22)25-19(27)16-12(2)29-20-17(16)18(23-10-24-20)26-21(3)7-8-21/h5-6,9-11H,7-8H2,1-4H3,(H,25,27)(H,23,24,26)/t11-/m1/s1. The van der Waals surface area contributed by atoms with Crippen LogP contribution >= 0.6 is 0 Å². The third-order valence-corrected chi connectivity index (χ3v) is 5.33. The molecule has 4 rings (SSSR count). The Labute approximate surface area is 167 Å². The number of carbonyl (C=O) groups excluding carboxylic acids is 1. The number of methoxy groups -OCH3 is 1. The molecule has 0 radical (unpaired) electrons.